The molecule has 0 amide bonds. The van der Waals surface area contributed by atoms with Crippen LogP contribution in [0.2, 0.25) is 5.02 Å². The minimum atomic E-state index is -4.58. The Hall–Kier alpha value is -3.59. The molecule has 174 valence electrons. The molecule has 4 aromatic rings. The van der Waals surface area contributed by atoms with E-state index in [0.29, 0.717) is 36.9 Å². The second kappa shape index (κ2) is 8.98. The summed E-state index contributed by atoms with van der Waals surface area (Å²) in [7, 11) is 0. The van der Waals surface area contributed by atoms with Gasteiger partial charge in [-0.25, -0.2) is 4.98 Å². The summed E-state index contributed by atoms with van der Waals surface area (Å²) in [5, 5.41) is 4.48. The number of rotatable bonds is 4. The number of para-hydroxylation sites is 1. The zero-order chi connectivity index (χ0) is 23.7. The van der Waals surface area contributed by atoms with E-state index in [1.807, 2.05) is 35.2 Å². The van der Waals surface area contributed by atoms with Crippen molar-refractivity contribution in [3.8, 4) is 0 Å². The van der Waals surface area contributed by atoms with Crippen molar-refractivity contribution < 1.29 is 13.2 Å². The van der Waals surface area contributed by atoms with Crippen molar-refractivity contribution in [2.45, 2.75) is 6.18 Å². The van der Waals surface area contributed by atoms with Gasteiger partial charge in [-0.2, -0.15) is 18.2 Å². The summed E-state index contributed by atoms with van der Waals surface area (Å²) in [5.74, 6) is 0.155. The number of hydrogen-bond donors (Lipinski definition) is 1. The molecule has 1 aliphatic rings. The quantitative estimate of drug-likeness (QED) is 0.397. The Morgan fingerprint density at radius 2 is 1.59 bits per heavy atom. The predicted molar refractivity (Wildman–Crippen MR) is 128 cm³/mol. The molecular formula is C24H20ClF3N6. The molecule has 1 N–H and O–H groups in total. The fourth-order valence-electron chi connectivity index (χ4n) is 4.01. The number of fused-ring (bicyclic) bond motifs is 1. The summed E-state index contributed by atoms with van der Waals surface area (Å²) in [5.41, 5.74) is 1.46. The molecule has 0 saturated carbocycles. The van der Waals surface area contributed by atoms with Gasteiger partial charge in [-0.05, 0) is 36.4 Å². The lowest BCUT2D eigenvalue weighted by atomic mass is 10.1. The van der Waals surface area contributed by atoms with Crippen molar-refractivity contribution >= 4 is 45.6 Å². The van der Waals surface area contributed by atoms with Crippen molar-refractivity contribution in [2.75, 3.05) is 41.3 Å². The maximum atomic E-state index is 13.6. The molecule has 1 fully saturated rings. The van der Waals surface area contributed by atoms with Gasteiger partial charge in [0.15, 0.2) is 5.69 Å². The van der Waals surface area contributed by atoms with Crippen LogP contribution in [0.15, 0.2) is 66.9 Å². The molecule has 10 heteroatoms. The van der Waals surface area contributed by atoms with Crippen LogP contribution in [0, 0.1) is 0 Å². The topological polar surface area (TPSA) is 57.2 Å². The van der Waals surface area contributed by atoms with Crippen LogP contribution in [0.3, 0.4) is 0 Å². The fraction of sp³-hybridized carbons (Fsp3) is 0.208. The average Bonchev–Trinajstić information content (AvgIpc) is 2.83. The third-order valence-corrected chi connectivity index (χ3v) is 5.89. The van der Waals surface area contributed by atoms with Crippen LogP contribution in [-0.2, 0) is 6.18 Å². The lowest BCUT2D eigenvalue weighted by molar-refractivity contribution is -0.141. The summed E-state index contributed by atoms with van der Waals surface area (Å²) in [6.45, 7) is 2.26. The summed E-state index contributed by atoms with van der Waals surface area (Å²) < 4.78 is 40.7. The van der Waals surface area contributed by atoms with E-state index in [1.54, 1.807) is 30.5 Å². The minimum absolute atomic E-state index is 0.0875. The summed E-state index contributed by atoms with van der Waals surface area (Å²) >= 11 is 6.09. The number of aromatic nitrogens is 3. The fourth-order valence-corrected chi connectivity index (χ4v) is 4.17. The van der Waals surface area contributed by atoms with Gasteiger partial charge in [0.05, 0.1) is 5.52 Å². The molecule has 34 heavy (non-hydrogen) atoms. The molecule has 0 aliphatic carbocycles. The molecular weight excluding hydrogens is 465 g/mol. The molecule has 2 aromatic carbocycles. The highest BCUT2D eigenvalue weighted by atomic mass is 35.5. The van der Waals surface area contributed by atoms with Gasteiger partial charge < -0.3 is 15.1 Å². The molecule has 1 saturated heterocycles. The maximum absolute atomic E-state index is 13.6. The highest BCUT2D eigenvalue weighted by molar-refractivity contribution is 6.31. The van der Waals surface area contributed by atoms with Gasteiger partial charge in [-0.1, -0.05) is 29.8 Å². The Morgan fingerprint density at radius 1 is 0.853 bits per heavy atom. The minimum Gasteiger partial charge on any atom is -0.367 e. The molecule has 0 bridgehead atoms. The van der Waals surface area contributed by atoms with Crippen LogP contribution < -0.4 is 15.1 Å². The van der Waals surface area contributed by atoms with E-state index in [2.05, 4.69) is 25.2 Å². The highest BCUT2D eigenvalue weighted by Crippen LogP contribution is 2.32. The summed E-state index contributed by atoms with van der Waals surface area (Å²) in [6, 6.07) is 17.4. The van der Waals surface area contributed by atoms with Gasteiger partial charge in [0.25, 0.3) is 0 Å². The first-order valence-corrected chi connectivity index (χ1v) is 11.1. The standard InChI is InChI=1S/C24H20ClF3N6/c25-16-6-7-18-19(14-16)29-9-8-20(18)33-10-12-34(13-11-33)22-15-21(24(26,27)28)31-23(32-22)30-17-4-2-1-3-5-17/h1-9,14-15H,10-13H2,(H,30,31,32). The Labute approximate surface area is 199 Å². The van der Waals surface area contributed by atoms with E-state index >= 15 is 0 Å². The monoisotopic (exact) mass is 484 g/mol. The number of pyridine rings is 1. The van der Waals surface area contributed by atoms with Gasteiger partial charge in [0.2, 0.25) is 5.95 Å². The predicted octanol–water partition coefficient (Wildman–Crippen LogP) is 5.77. The number of halogens is 4. The van der Waals surface area contributed by atoms with E-state index in [9.17, 15) is 13.2 Å². The average molecular weight is 485 g/mol. The zero-order valence-electron chi connectivity index (χ0n) is 17.9. The first-order valence-electron chi connectivity index (χ1n) is 10.7. The van der Waals surface area contributed by atoms with Crippen molar-refractivity contribution in [3.63, 3.8) is 0 Å². The van der Waals surface area contributed by atoms with E-state index in [4.69, 9.17) is 11.6 Å². The molecule has 0 radical (unpaired) electrons. The van der Waals surface area contributed by atoms with Crippen LogP contribution in [0.5, 0.6) is 0 Å². The zero-order valence-corrected chi connectivity index (χ0v) is 18.7. The van der Waals surface area contributed by atoms with E-state index in [1.165, 1.54) is 0 Å². The Bertz CT molecular complexity index is 1310. The van der Waals surface area contributed by atoms with Crippen molar-refractivity contribution in [1.29, 1.82) is 0 Å². The van der Waals surface area contributed by atoms with Gasteiger partial charge in [-0.3, -0.25) is 4.98 Å². The summed E-state index contributed by atoms with van der Waals surface area (Å²) in [6.07, 6.45) is -2.84. The normalized spacial score (nSPS) is 14.5. The third kappa shape index (κ3) is 4.70. The van der Waals surface area contributed by atoms with Crippen molar-refractivity contribution in [3.05, 3.63) is 77.6 Å². The first kappa shape index (κ1) is 22.2. The van der Waals surface area contributed by atoms with Gasteiger partial charge in [-0.15, -0.1) is 0 Å². The molecule has 0 unspecified atom stereocenters. The SMILES string of the molecule is FC(F)(F)c1cc(N2CCN(c3ccnc4cc(Cl)ccc34)CC2)nc(Nc2ccccc2)n1. The molecule has 2 aromatic heterocycles. The number of piperazine rings is 1. The van der Waals surface area contributed by atoms with Crippen LogP contribution in [-0.4, -0.2) is 41.1 Å². The Balaban J connectivity index is 1.39. The lowest BCUT2D eigenvalue weighted by Crippen LogP contribution is -2.47. The second-order valence-corrected chi connectivity index (χ2v) is 8.33. The van der Waals surface area contributed by atoms with Gasteiger partial charge in [0, 0.05) is 60.2 Å². The smallest absolute Gasteiger partial charge is 0.367 e. The van der Waals surface area contributed by atoms with E-state index in [0.717, 1.165) is 22.7 Å². The molecule has 0 spiro atoms. The molecule has 5 rings (SSSR count). The number of anilines is 4. The van der Waals surface area contributed by atoms with Crippen LogP contribution in [0.1, 0.15) is 5.69 Å². The Morgan fingerprint density at radius 3 is 2.32 bits per heavy atom. The van der Waals surface area contributed by atoms with Gasteiger partial charge in [0.1, 0.15) is 5.82 Å². The van der Waals surface area contributed by atoms with Crippen molar-refractivity contribution in [2.24, 2.45) is 0 Å². The molecule has 0 atom stereocenters. The number of nitrogens with one attached hydrogen (secondary N) is 1. The third-order valence-electron chi connectivity index (χ3n) is 5.66. The number of hydrogen-bond acceptors (Lipinski definition) is 6. The first-order chi connectivity index (χ1) is 16.4. The van der Waals surface area contributed by atoms with Gasteiger partial charge >= 0.3 is 6.18 Å². The van der Waals surface area contributed by atoms with Crippen LogP contribution in [0.4, 0.5) is 36.3 Å². The van der Waals surface area contributed by atoms with E-state index < -0.39 is 11.9 Å². The van der Waals surface area contributed by atoms with Crippen LogP contribution >= 0.6 is 11.6 Å². The lowest BCUT2D eigenvalue weighted by Gasteiger charge is -2.37. The van der Waals surface area contributed by atoms with E-state index in [-0.39, 0.29) is 11.8 Å². The maximum Gasteiger partial charge on any atom is 0.433 e. The highest BCUT2D eigenvalue weighted by Gasteiger charge is 2.34. The van der Waals surface area contributed by atoms with Crippen LogP contribution in [0.25, 0.3) is 10.9 Å². The number of benzene rings is 2. The number of alkyl halides is 3. The molecule has 6 nitrogen and oxygen atoms in total. The second-order valence-electron chi connectivity index (χ2n) is 7.89. The Kier molecular flexibility index (Phi) is 5.87. The number of nitrogens with zero attached hydrogens (tertiary/aromatic N) is 5. The molecule has 1 aliphatic heterocycles. The summed E-state index contributed by atoms with van der Waals surface area (Å²) in [4.78, 5) is 16.5. The van der Waals surface area contributed by atoms with Crippen molar-refractivity contribution in [1.82, 2.24) is 15.0 Å². The molecule has 3 heterocycles. The largest absolute Gasteiger partial charge is 0.433 e.